The Morgan fingerprint density at radius 1 is 1.14 bits per heavy atom. The minimum Gasteiger partial charge on any atom is -0.263 e. The van der Waals surface area contributed by atoms with Crippen LogP contribution in [0.2, 0.25) is 0 Å². The quantitative estimate of drug-likeness (QED) is 0.916. The largest absolute Gasteiger partial charge is 0.269 e. The molecule has 22 heavy (non-hydrogen) atoms. The van der Waals surface area contributed by atoms with Crippen molar-refractivity contribution in [2.24, 2.45) is 4.99 Å². The van der Waals surface area contributed by atoms with Crippen LogP contribution in [0, 0.1) is 0 Å². The summed E-state index contributed by atoms with van der Waals surface area (Å²) in [4.78, 5) is 4.37. The molecule has 0 atom stereocenters. The van der Waals surface area contributed by atoms with Gasteiger partial charge in [-0.1, -0.05) is 49.6 Å². The van der Waals surface area contributed by atoms with E-state index in [2.05, 4.69) is 9.71 Å². The molecule has 1 aliphatic carbocycles. The second kappa shape index (κ2) is 6.87. The highest BCUT2D eigenvalue weighted by Crippen LogP contribution is 2.36. The Morgan fingerprint density at radius 3 is 2.59 bits per heavy atom. The Kier molecular flexibility index (Phi) is 4.88. The molecule has 6 heteroatoms. The number of hydrogen-bond donors (Lipinski definition) is 1. The van der Waals surface area contributed by atoms with Crippen molar-refractivity contribution in [1.82, 2.24) is 4.72 Å². The molecule has 1 aromatic carbocycles. The average Bonchev–Trinajstić information content (AvgIpc) is 2.81. The first kappa shape index (κ1) is 15.6. The summed E-state index contributed by atoms with van der Waals surface area (Å²) in [6, 6.07) is 9.82. The van der Waals surface area contributed by atoms with Gasteiger partial charge in [0.15, 0.2) is 0 Å². The predicted molar refractivity (Wildman–Crippen MR) is 92.2 cm³/mol. The Bertz CT molecular complexity index is 675. The van der Waals surface area contributed by atoms with E-state index in [0.29, 0.717) is 21.9 Å². The summed E-state index contributed by atoms with van der Waals surface area (Å²) in [5.41, 5.74) is 1.07. The van der Waals surface area contributed by atoms with E-state index in [1.807, 2.05) is 30.3 Å². The Balaban J connectivity index is 1.69. The molecular weight excluding hydrogens is 316 g/mol. The van der Waals surface area contributed by atoms with Gasteiger partial charge >= 0.3 is 0 Å². The summed E-state index contributed by atoms with van der Waals surface area (Å²) >= 11 is 1.49. The van der Waals surface area contributed by atoms with Gasteiger partial charge in [-0.2, -0.15) is 0 Å². The number of hydrogen-bond acceptors (Lipinski definition) is 4. The van der Waals surface area contributed by atoms with Crippen LogP contribution in [0.15, 0.2) is 45.6 Å². The van der Waals surface area contributed by atoms with Crippen molar-refractivity contribution >= 4 is 27.6 Å². The van der Waals surface area contributed by atoms with E-state index in [4.69, 9.17) is 0 Å². The van der Waals surface area contributed by atoms with Crippen LogP contribution in [-0.4, -0.2) is 19.5 Å². The average molecular weight is 336 g/mol. The van der Waals surface area contributed by atoms with Gasteiger partial charge in [-0.3, -0.25) is 9.71 Å². The third kappa shape index (κ3) is 3.93. The Morgan fingerprint density at radius 2 is 1.86 bits per heavy atom. The number of benzene rings is 1. The first-order chi connectivity index (χ1) is 10.6. The molecule has 4 nitrogen and oxygen atoms in total. The van der Waals surface area contributed by atoms with Crippen molar-refractivity contribution in [3.8, 4) is 0 Å². The van der Waals surface area contributed by atoms with E-state index in [-0.39, 0.29) is 0 Å². The minimum atomic E-state index is -3.40. The first-order valence-corrected chi connectivity index (χ1v) is 9.99. The van der Waals surface area contributed by atoms with E-state index in [1.165, 1.54) is 31.0 Å². The molecule has 1 saturated carbocycles. The van der Waals surface area contributed by atoms with Crippen LogP contribution in [0.4, 0.5) is 0 Å². The highest BCUT2D eigenvalue weighted by Gasteiger charge is 2.29. The molecule has 1 aliphatic heterocycles. The van der Waals surface area contributed by atoms with Crippen LogP contribution in [0.1, 0.15) is 37.7 Å². The molecule has 118 valence electrons. The predicted octanol–water partition coefficient (Wildman–Crippen LogP) is 3.43. The van der Waals surface area contributed by atoms with Gasteiger partial charge in [-0.05, 0) is 18.4 Å². The van der Waals surface area contributed by atoms with E-state index in [0.717, 1.165) is 18.4 Å². The molecule has 0 bridgehead atoms. The molecule has 2 aliphatic rings. The van der Waals surface area contributed by atoms with Crippen LogP contribution in [0.25, 0.3) is 0 Å². The molecule has 1 fully saturated rings. The first-order valence-electron chi connectivity index (χ1n) is 7.63. The summed E-state index contributed by atoms with van der Waals surface area (Å²) in [5, 5.41) is 0.421. The SMILES string of the molecule is O=S1(=O)NC(=NCc2ccccc2)C=C1SC1CCCCC1. The molecular formula is C16H20N2O2S2. The van der Waals surface area contributed by atoms with Crippen LogP contribution in [0.5, 0.6) is 0 Å². The third-order valence-electron chi connectivity index (χ3n) is 3.87. The van der Waals surface area contributed by atoms with E-state index in [1.54, 1.807) is 6.08 Å². The number of amidine groups is 1. The van der Waals surface area contributed by atoms with Gasteiger partial charge in [0.2, 0.25) is 0 Å². The monoisotopic (exact) mass is 336 g/mol. The zero-order valence-electron chi connectivity index (χ0n) is 12.4. The molecule has 0 amide bonds. The summed E-state index contributed by atoms with van der Waals surface area (Å²) < 4.78 is 27.3. The number of rotatable bonds is 4. The fourth-order valence-electron chi connectivity index (χ4n) is 2.69. The fraction of sp³-hybridized carbons (Fsp3) is 0.438. The number of sulfonamides is 1. The maximum atomic E-state index is 12.2. The van der Waals surface area contributed by atoms with Crippen molar-refractivity contribution in [1.29, 1.82) is 0 Å². The summed E-state index contributed by atoms with van der Waals surface area (Å²) in [6.07, 6.45) is 7.56. The number of nitrogens with zero attached hydrogens (tertiary/aromatic N) is 1. The molecule has 0 aromatic heterocycles. The normalized spacial score (nSPS) is 23.3. The van der Waals surface area contributed by atoms with Crippen molar-refractivity contribution in [3.63, 3.8) is 0 Å². The van der Waals surface area contributed by atoms with E-state index < -0.39 is 10.0 Å². The van der Waals surface area contributed by atoms with Gasteiger partial charge in [0.25, 0.3) is 10.0 Å². The lowest BCUT2D eigenvalue weighted by Crippen LogP contribution is -2.23. The standard InChI is InChI=1S/C16H20N2O2S2/c19-22(20)16(21-14-9-5-2-6-10-14)11-15(18-22)17-12-13-7-3-1-4-8-13/h1,3-4,7-8,11,14H,2,5-6,9-10,12H2,(H,17,18). The fourth-order valence-corrected chi connectivity index (χ4v) is 5.57. The maximum Gasteiger partial charge on any atom is 0.269 e. The third-order valence-corrected chi connectivity index (χ3v) is 7.10. The molecule has 0 unspecified atom stereocenters. The van der Waals surface area contributed by atoms with Crippen LogP contribution >= 0.6 is 11.8 Å². The van der Waals surface area contributed by atoms with Crippen LogP contribution < -0.4 is 4.72 Å². The Hall–Kier alpha value is -1.27. The molecule has 0 spiro atoms. The van der Waals surface area contributed by atoms with Gasteiger partial charge in [-0.25, -0.2) is 8.42 Å². The zero-order chi connectivity index (χ0) is 15.4. The van der Waals surface area contributed by atoms with Crippen molar-refractivity contribution < 1.29 is 8.42 Å². The van der Waals surface area contributed by atoms with E-state index in [9.17, 15) is 8.42 Å². The summed E-state index contributed by atoms with van der Waals surface area (Å²) in [5.74, 6) is 0.446. The lowest BCUT2D eigenvalue weighted by molar-refractivity contribution is 0.517. The van der Waals surface area contributed by atoms with Gasteiger partial charge in [0.1, 0.15) is 10.1 Å². The van der Waals surface area contributed by atoms with Gasteiger partial charge in [0, 0.05) is 11.3 Å². The summed E-state index contributed by atoms with van der Waals surface area (Å²) in [6.45, 7) is 0.483. The molecule has 1 N–H and O–H groups in total. The van der Waals surface area contributed by atoms with Crippen molar-refractivity contribution in [2.45, 2.75) is 43.9 Å². The van der Waals surface area contributed by atoms with Gasteiger partial charge < -0.3 is 0 Å². The summed E-state index contributed by atoms with van der Waals surface area (Å²) in [7, 11) is -3.40. The maximum absolute atomic E-state index is 12.2. The highest BCUT2D eigenvalue weighted by molar-refractivity contribution is 8.18. The van der Waals surface area contributed by atoms with Crippen molar-refractivity contribution in [3.05, 3.63) is 46.2 Å². The molecule has 0 radical (unpaired) electrons. The highest BCUT2D eigenvalue weighted by atomic mass is 32.3. The molecule has 3 rings (SSSR count). The van der Waals surface area contributed by atoms with Gasteiger partial charge in [0.05, 0.1) is 6.54 Å². The molecule has 0 saturated heterocycles. The minimum absolute atomic E-state index is 0.421. The van der Waals surface area contributed by atoms with Crippen molar-refractivity contribution in [2.75, 3.05) is 0 Å². The lowest BCUT2D eigenvalue weighted by atomic mass is 10.0. The smallest absolute Gasteiger partial charge is 0.263 e. The number of aliphatic imine (C=N–C) groups is 1. The second-order valence-corrected chi connectivity index (χ2v) is 8.89. The van der Waals surface area contributed by atoms with Gasteiger partial charge in [-0.15, -0.1) is 11.8 Å². The van der Waals surface area contributed by atoms with E-state index >= 15 is 0 Å². The Labute approximate surface area is 136 Å². The molecule has 1 heterocycles. The van der Waals surface area contributed by atoms with Crippen LogP contribution in [-0.2, 0) is 16.6 Å². The lowest BCUT2D eigenvalue weighted by Gasteiger charge is -2.20. The van der Waals surface area contributed by atoms with Crippen LogP contribution in [0.3, 0.4) is 0 Å². The molecule has 1 aromatic rings. The number of thioether (sulfide) groups is 1. The topological polar surface area (TPSA) is 58.5 Å². The zero-order valence-corrected chi connectivity index (χ0v) is 14.0. The second-order valence-electron chi connectivity index (χ2n) is 5.63. The number of nitrogens with one attached hydrogen (secondary N) is 1.